The molecule has 8 heteroatoms. The molecule has 1 aliphatic rings. The zero-order valence-corrected chi connectivity index (χ0v) is 21.6. The van der Waals surface area contributed by atoms with Gasteiger partial charge in [0, 0.05) is 50.4 Å². The maximum Gasteiger partial charge on any atom is 0.172 e. The van der Waals surface area contributed by atoms with Crippen LogP contribution in [0, 0.1) is 11.6 Å². The smallest absolute Gasteiger partial charge is 0.172 e. The van der Waals surface area contributed by atoms with E-state index in [1.165, 1.54) is 17.7 Å². The molecule has 3 heterocycles. The van der Waals surface area contributed by atoms with Gasteiger partial charge in [-0.25, -0.2) is 18.7 Å². The number of pyridine rings is 1. The van der Waals surface area contributed by atoms with E-state index in [9.17, 15) is 8.78 Å². The molecular weight excluding hydrogens is 446 g/mol. The van der Waals surface area contributed by atoms with E-state index in [4.69, 9.17) is 9.97 Å². The van der Waals surface area contributed by atoms with Crippen LogP contribution in [0.25, 0.3) is 17.1 Å². The Morgan fingerprint density at radius 1 is 1.03 bits per heavy atom. The molecule has 3 aromatic rings. The highest BCUT2D eigenvalue weighted by molar-refractivity contribution is 5.81. The van der Waals surface area contributed by atoms with E-state index >= 15 is 0 Å². The lowest BCUT2D eigenvalue weighted by Gasteiger charge is -2.36. The van der Waals surface area contributed by atoms with Crippen molar-refractivity contribution in [2.45, 2.75) is 54.1 Å². The van der Waals surface area contributed by atoms with Gasteiger partial charge in [0.15, 0.2) is 11.6 Å². The number of piperazine rings is 1. The summed E-state index contributed by atoms with van der Waals surface area (Å²) in [5.41, 5.74) is 4.09. The Morgan fingerprint density at radius 2 is 1.74 bits per heavy atom. The highest BCUT2D eigenvalue weighted by Gasteiger charge is 2.23. The monoisotopic (exact) mass is 482 g/mol. The van der Waals surface area contributed by atoms with E-state index in [1.54, 1.807) is 6.20 Å². The lowest BCUT2D eigenvalue weighted by atomic mass is 10.1. The van der Waals surface area contributed by atoms with Crippen LogP contribution in [0.2, 0.25) is 0 Å². The van der Waals surface area contributed by atoms with Crippen LogP contribution in [0.1, 0.15) is 52.8 Å². The van der Waals surface area contributed by atoms with Crippen LogP contribution in [-0.2, 0) is 6.54 Å². The molecule has 0 atom stereocenters. The largest absolute Gasteiger partial charge is 0.365 e. The highest BCUT2D eigenvalue weighted by atomic mass is 19.1. The molecule has 1 saturated heterocycles. The molecule has 0 spiro atoms. The van der Waals surface area contributed by atoms with E-state index in [1.807, 2.05) is 39.8 Å². The number of allylic oxidation sites excluding steroid dienone is 1. The highest BCUT2D eigenvalue weighted by Crippen LogP contribution is 2.27. The number of nitrogens with one attached hydrogen (secondary N) is 1. The van der Waals surface area contributed by atoms with Crippen molar-refractivity contribution in [2.24, 2.45) is 0 Å². The minimum Gasteiger partial charge on any atom is -0.365 e. The van der Waals surface area contributed by atoms with Crippen LogP contribution >= 0.6 is 0 Å². The lowest BCUT2D eigenvalue weighted by Crippen LogP contribution is -2.46. The summed E-state index contributed by atoms with van der Waals surface area (Å²) in [5, 5.41) is 3.42. The lowest BCUT2D eigenvalue weighted by molar-refractivity contribution is 0.246. The van der Waals surface area contributed by atoms with E-state index in [2.05, 4.69) is 33.9 Å². The molecule has 1 N–H and O–H groups in total. The van der Waals surface area contributed by atoms with Crippen LogP contribution in [0.4, 0.5) is 20.4 Å². The summed E-state index contributed by atoms with van der Waals surface area (Å²) >= 11 is 0. The third-order valence-corrected chi connectivity index (χ3v) is 5.50. The van der Waals surface area contributed by atoms with E-state index in [0.717, 1.165) is 60.6 Å². The second-order valence-corrected chi connectivity index (χ2v) is 9.01. The second-order valence-electron chi connectivity index (χ2n) is 9.01. The van der Waals surface area contributed by atoms with Gasteiger partial charge in [-0.3, -0.25) is 9.88 Å². The Kier molecular flexibility index (Phi) is 9.09. The Labute approximate surface area is 207 Å². The van der Waals surface area contributed by atoms with E-state index in [0.29, 0.717) is 12.1 Å². The number of hydrogen-bond acceptors (Lipinski definition) is 6. The number of halogens is 2. The predicted molar refractivity (Wildman–Crippen MR) is 141 cm³/mol. The van der Waals surface area contributed by atoms with Crippen molar-refractivity contribution in [1.82, 2.24) is 19.9 Å². The third-order valence-electron chi connectivity index (χ3n) is 5.50. The van der Waals surface area contributed by atoms with Crippen molar-refractivity contribution in [3.05, 3.63) is 58.9 Å². The summed E-state index contributed by atoms with van der Waals surface area (Å²) in [6, 6.07) is 5.94. The predicted octanol–water partition coefficient (Wildman–Crippen LogP) is 5.89. The fraction of sp³-hybridized carbons (Fsp3) is 0.444. The molecule has 188 valence electrons. The Morgan fingerprint density at radius 3 is 2.37 bits per heavy atom. The van der Waals surface area contributed by atoms with E-state index in [-0.39, 0.29) is 6.04 Å². The number of hydrogen-bond donors (Lipinski definition) is 1. The van der Waals surface area contributed by atoms with Gasteiger partial charge in [-0.2, -0.15) is 0 Å². The zero-order chi connectivity index (χ0) is 25.5. The molecule has 1 fully saturated rings. The maximum atomic E-state index is 14.1. The normalized spacial score (nSPS) is 14.0. The van der Waals surface area contributed by atoms with Crippen molar-refractivity contribution < 1.29 is 8.78 Å². The zero-order valence-electron chi connectivity index (χ0n) is 21.6. The first-order valence-electron chi connectivity index (χ1n) is 12.3. The molecule has 0 saturated carbocycles. The van der Waals surface area contributed by atoms with Gasteiger partial charge in [-0.05, 0) is 45.9 Å². The molecule has 0 radical (unpaired) electrons. The molecule has 2 aromatic heterocycles. The summed E-state index contributed by atoms with van der Waals surface area (Å²) in [6.45, 7) is 15.6. The van der Waals surface area contributed by atoms with Gasteiger partial charge in [-0.15, -0.1) is 0 Å². The topological polar surface area (TPSA) is 57.2 Å². The molecule has 1 aromatic carbocycles. The average molecular weight is 483 g/mol. The molecule has 6 nitrogen and oxygen atoms in total. The van der Waals surface area contributed by atoms with Crippen LogP contribution in [-0.4, -0.2) is 52.1 Å². The van der Waals surface area contributed by atoms with Crippen LogP contribution in [0.5, 0.6) is 0 Å². The average Bonchev–Trinajstić information content (AvgIpc) is 2.82. The second kappa shape index (κ2) is 12.0. The quantitative estimate of drug-likeness (QED) is 0.472. The molecule has 4 rings (SSSR count). The van der Waals surface area contributed by atoms with Gasteiger partial charge in [0.25, 0.3) is 0 Å². The van der Waals surface area contributed by atoms with Gasteiger partial charge < -0.3 is 10.2 Å². The fourth-order valence-corrected chi connectivity index (χ4v) is 3.94. The molecule has 1 aliphatic heterocycles. The Bertz CT molecular complexity index is 1170. The summed E-state index contributed by atoms with van der Waals surface area (Å²) in [6.07, 6.45) is 3.79. The SMILES string of the molecule is CC.CC(C)=Cc1cc2nc(N3CCN(Cc4ccc(F)cc4F)CC3)c(NC(C)C)nc2cn1. The first-order chi connectivity index (χ1) is 16.8. The van der Waals surface area contributed by atoms with E-state index < -0.39 is 11.6 Å². The minimum atomic E-state index is -0.552. The number of benzene rings is 1. The van der Waals surface area contributed by atoms with Gasteiger partial charge in [0.05, 0.1) is 17.4 Å². The summed E-state index contributed by atoms with van der Waals surface area (Å²) in [4.78, 5) is 18.7. The molecule has 35 heavy (non-hydrogen) atoms. The van der Waals surface area contributed by atoms with Crippen LogP contribution < -0.4 is 10.2 Å². The van der Waals surface area contributed by atoms with Crippen molar-refractivity contribution in [2.75, 3.05) is 36.4 Å². The van der Waals surface area contributed by atoms with Gasteiger partial charge in [0.2, 0.25) is 0 Å². The first-order valence-corrected chi connectivity index (χ1v) is 12.3. The summed E-state index contributed by atoms with van der Waals surface area (Å²) < 4.78 is 27.3. The first kappa shape index (κ1) is 26.5. The van der Waals surface area contributed by atoms with Crippen molar-refractivity contribution in [1.29, 1.82) is 0 Å². The molecular formula is C27H36F2N6. The Hall–Kier alpha value is -3.13. The number of fused-ring (bicyclic) bond motifs is 1. The fourth-order valence-electron chi connectivity index (χ4n) is 3.94. The van der Waals surface area contributed by atoms with Crippen molar-refractivity contribution >= 4 is 28.7 Å². The number of nitrogens with zero attached hydrogens (tertiary/aromatic N) is 5. The Balaban J connectivity index is 0.00000167. The number of anilines is 2. The summed E-state index contributed by atoms with van der Waals surface area (Å²) in [7, 11) is 0. The number of aromatic nitrogens is 3. The van der Waals surface area contributed by atoms with Crippen molar-refractivity contribution in [3.63, 3.8) is 0 Å². The van der Waals surface area contributed by atoms with Crippen LogP contribution in [0.3, 0.4) is 0 Å². The molecule has 0 amide bonds. The molecule has 0 unspecified atom stereocenters. The van der Waals surface area contributed by atoms with Gasteiger partial charge in [-0.1, -0.05) is 25.5 Å². The van der Waals surface area contributed by atoms with Crippen molar-refractivity contribution in [3.8, 4) is 0 Å². The third kappa shape index (κ3) is 6.94. The minimum absolute atomic E-state index is 0.205. The van der Waals surface area contributed by atoms with Gasteiger partial charge in [0.1, 0.15) is 17.2 Å². The maximum absolute atomic E-state index is 14.1. The molecule has 0 bridgehead atoms. The molecule has 0 aliphatic carbocycles. The van der Waals surface area contributed by atoms with Crippen LogP contribution in [0.15, 0.2) is 36.0 Å². The van der Waals surface area contributed by atoms with Gasteiger partial charge >= 0.3 is 0 Å². The number of rotatable bonds is 6. The standard InChI is InChI=1S/C25H30F2N6.C2H6/c1-16(2)11-20-13-22-23(14-28-20)30-24(29-17(3)4)25(31-22)33-9-7-32(8-10-33)15-18-5-6-19(26)12-21(18)27;1-2/h5-6,11-14,17H,7-10,15H2,1-4H3,(H,29,30);1-2H3. The summed E-state index contributed by atoms with van der Waals surface area (Å²) in [5.74, 6) is 0.511.